The standard InChI is InChI=1S/C20H23F2N5O2/c1-20(2,3)18-13(22)6-11(8-23-18)15-7-12(21)16-9-24-19(26-27(15)16)25-14-4-5-29-10-17(14)28/h6-9,14,17,28H,4-5,10H2,1-3H3,(H,25,26)/t14-,17-/m1/s1. The molecule has 0 radical (unpaired) electrons. The van der Waals surface area contributed by atoms with Gasteiger partial charge in [0.2, 0.25) is 5.95 Å². The van der Waals surface area contributed by atoms with E-state index in [1.807, 2.05) is 20.8 Å². The predicted octanol–water partition coefficient (Wildman–Crippen LogP) is 2.93. The summed E-state index contributed by atoms with van der Waals surface area (Å²) < 4.78 is 35.6. The molecular formula is C20H23F2N5O2. The zero-order valence-corrected chi connectivity index (χ0v) is 16.5. The number of anilines is 1. The van der Waals surface area contributed by atoms with Crippen LogP contribution < -0.4 is 5.32 Å². The van der Waals surface area contributed by atoms with Crippen molar-refractivity contribution in [3.05, 3.63) is 41.9 Å². The summed E-state index contributed by atoms with van der Waals surface area (Å²) in [5.41, 5.74) is 0.831. The highest BCUT2D eigenvalue weighted by atomic mass is 19.1. The molecule has 0 spiro atoms. The minimum Gasteiger partial charge on any atom is -0.389 e. The maximum atomic E-state index is 14.6. The Labute approximate surface area is 166 Å². The molecule has 1 aliphatic rings. The zero-order valence-electron chi connectivity index (χ0n) is 16.5. The molecule has 0 bridgehead atoms. The molecule has 1 fully saturated rings. The van der Waals surface area contributed by atoms with Gasteiger partial charge in [0.05, 0.1) is 36.3 Å². The van der Waals surface area contributed by atoms with E-state index in [2.05, 4.69) is 20.4 Å². The Morgan fingerprint density at radius 3 is 2.66 bits per heavy atom. The molecule has 3 aromatic rings. The molecule has 0 aromatic carbocycles. The van der Waals surface area contributed by atoms with Crippen molar-refractivity contribution >= 4 is 11.5 Å². The fraction of sp³-hybridized carbons (Fsp3) is 0.450. The first kappa shape index (κ1) is 19.7. The number of ether oxygens (including phenoxy) is 1. The molecule has 9 heteroatoms. The molecule has 2 N–H and O–H groups in total. The van der Waals surface area contributed by atoms with E-state index in [-0.39, 0.29) is 24.1 Å². The number of aromatic nitrogens is 4. The van der Waals surface area contributed by atoms with E-state index < -0.39 is 23.2 Å². The molecule has 0 aliphatic carbocycles. The average Bonchev–Trinajstić information content (AvgIpc) is 2.99. The number of nitrogens with zero attached hydrogens (tertiary/aromatic N) is 4. The quantitative estimate of drug-likeness (QED) is 0.700. The maximum absolute atomic E-state index is 14.6. The van der Waals surface area contributed by atoms with Crippen molar-refractivity contribution in [2.24, 2.45) is 0 Å². The number of nitrogens with one attached hydrogen (secondary N) is 1. The largest absolute Gasteiger partial charge is 0.389 e. The van der Waals surface area contributed by atoms with Gasteiger partial charge in [-0.2, -0.15) is 0 Å². The van der Waals surface area contributed by atoms with Gasteiger partial charge in [-0.1, -0.05) is 20.8 Å². The van der Waals surface area contributed by atoms with Crippen LogP contribution in [0.25, 0.3) is 16.8 Å². The third-order valence-corrected chi connectivity index (χ3v) is 4.96. The number of aliphatic hydroxyl groups excluding tert-OH is 1. The molecule has 1 saturated heterocycles. The highest BCUT2D eigenvalue weighted by Gasteiger charge is 2.25. The normalized spacial score (nSPS) is 20.2. The van der Waals surface area contributed by atoms with Gasteiger partial charge in [0.15, 0.2) is 5.82 Å². The lowest BCUT2D eigenvalue weighted by Gasteiger charge is -2.28. The monoisotopic (exact) mass is 403 g/mol. The second-order valence-electron chi connectivity index (χ2n) is 8.24. The van der Waals surface area contributed by atoms with Gasteiger partial charge in [0, 0.05) is 29.8 Å². The summed E-state index contributed by atoms with van der Waals surface area (Å²) in [5, 5.41) is 17.5. The molecule has 4 rings (SSSR count). The van der Waals surface area contributed by atoms with Crippen molar-refractivity contribution in [2.75, 3.05) is 18.5 Å². The van der Waals surface area contributed by atoms with E-state index in [0.717, 1.165) is 0 Å². The molecule has 0 amide bonds. The van der Waals surface area contributed by atoms with Gasteiger partial charge < -0.3 is 15.2 Å². The summed E-state index contributed by atoms with van der Waals surface area (Å²) in [6.07, 6.45) is 2.78. The van der Waals surface area contributed by atoms with Crippen LogP contribution in [-0.2, 0) is 10.2 Å². The van der Waals surface area contributed by atoms with Gasteiger partial charge in [-0.15, -0.1) is 5.10 Å². The van der Waals surface area contributed by atoms with Gasteiger partial charge in [-0.3, -0.25) is 4.98 Å². The van der Waals surface area contributed by atoms with Crippen LogP contribution >= 0.6 is 0 Å². The van der Waals surface area contributed by atoms with Crippen LogP contribution in [0, 0.1) is 11.6 Å². The van der Waals surface area contributed by atoms with E-state index in [1.54, 1.807) is 0 Å². The topological polar surface area (TPSA) is 84.6 Å². The van der Waals surface area contributed by atoms with Crippen molar-refractivity contribution in [3.8, 4) is 11.3 Å². The molecule has 2 atom stereocenters. The van der Waals surface area contributed by atoms with Gasteiger partial charge >= 0.3 is 0 Å². The average molecular weight is 403 g/mol. The fourth-order valence-corrected chi connectivity index (χ4v) is 3.41. The molecule has 154 valence electrons. The lowest BCUT2D eigenvalue weighted by Crippen LogP contribution is -2.42. The van der Waals surface area contributed by atoms with Crippen molar-refractivity contribution < 1.29 is 18.6 Å². The van der Waals surface area contributed by atoms with Crippen LogP contribution in [0.5, 0.6) is 0 Å². The summed E-state index contributed by atoms with van der Waals surface area (Å²) >= 11 is 0. The molecule has 1 aliphatic heterocycles. The number of rotatable bonds is 3. The number of fused-ring (bicyclic) bond motifs is 1. The molecule has 29 heavy (non-hydrogen) atoms. The predicted molar refractivity (Wildman–Crippen MR) is 104 cm³/mol. The first-order valence-electron chi connectivity index (χ1n) is 9.47. The van der Waals surface area contributed by atoms with Crippen molar-refractivity contribution in [1.29, 1.82) is 0 Å². The van der Waals surface area contributed by atoms with Crippen molar-refractivity contribution in [1.82, 2.24) is 19.6 Å². The smallest absolute Gasteiger partial charge is 0.241 e. The van der Waals surface area contributed by atoms with E-state index in [1.165, 1.54) is 29.0 Å². The maximum Gasteiger partial charge on any atom is 0.241 e. The minimum atomic E-state index is -0.688. The Morgan fingerprint density at radius 2 is 1.97 bits per heavy atom. The lowest BCUT2D eigenvalue weighted by molar-refractivity contribution is -0.0136. The van der Waals surface area contributed by atoms with E-state index in [4.69, 9.17) is 4.74 Å². The molecule has 3 aromatic heterocycles. The van der Waals surface area contributed by atoms with E-state index in [0.29, 0.717) is 30.0 Å². The molecule has 7 nitrogen and oxygen atoms in total. The summed E-state index contributed by atoms with van der Waals surface area (Å²) in [6, 6.07) is 2.35. The Morgan fingerprint density at radius 1 is 1.17 bits per heavy atom. The first-order valence-corrected chi connectivity index (χ1v) is 9.47. The van der Waals surface area contributed by atoms with Gasteiger partial charge in [0.1, 0.15) is 11.3 Å². The Balaban J connectivity index is 1.72. The first-order chi connectivity index (χ1) is 13.7. The lowest BCUT2D eigenvalue weighted by atomic mass is 9.91. The van der Waals surface area contributed by atoms with Crippen LogP contribution in [0.1, 0.15) is 32.9 Å². The zero-order chi connectivity index (χ0) is 20.8. The number of halogens is 2. The van der Waals surface area contributed by atoms with Crippen LogP contribution in [0.3, 0.4) is 0 Å². The summed E-state index contributed by atoms with van der Waals surface area (Å²) in [7, 11) is 0. The second-order valence-corrected chi connectivity index (χ2v) is 8.24. The highest BCUT2D eigenvalue weighted by molar-refractivity contribution is 5.66. The Kier molecular flexibility index (Phi) is 4.95. The summed E-state index contributed by atoms with van der Waals surface area (Å²) in [5.74, 6) is -0.735. The molecule has 0 unspecified atom stereocenters. The minimum absolute atomic E-state index is 0.165. The van der Waals surface area contributed by atoms with Gasteiger partial charge in [-0.25, -0.2) is 18.3 Å². The SMILES string of the molecule is CC(C)(C)c1ncc(-c2cc(F)c3cnc(N[C@@H]4CCOC[C@H]4O)nn23)cc1F. The number of hydrogen-bond acceptors (Lipinski definition) is 6. The third-order valence-electron chi connectivity index (χ3n) is 4.96. The highest BCUT2D eigenvalue weighted by Crippen LogP contribution is 2.29. The molecule has 0 saturated carbocycles. The molecule has 4 heterocycles. The summed E-state index contributed by atoms with van der Waals surface area (Å²) in [6.45, 7) is 6.38. The number of hydrogen-bond donors (Lipinski definition) is 2. The summed E-state index contributed by atoms with van der Waals surface area (Å²) in [4.78, 5) is 8.39. The van der Waals surface area contributed by atoms with E-state index >= 15 is 0 Å². The van der Waals surface area contributed by atoms with Crippen molar-refractivity contribution in [3.63, 3.8) is 0 Å². The van der Waals surface area contributed by atoms with Crippen LogP contribution in [0.15, 0.2) is 24.5 Å². The fourth-order valence-electron chi connectivity index (χ4n) is 3.41. The number of aliphatic hydroxyl groups is 1. The van der Waals surface area contributed by atoms with Crippen LogP contribution in [0.4, 0.5) is 14.7 Å². The van der Waals surface area contributed by atoms with Gasteiger partial charge in [0.25, 0.3) is 0 Å². The van der Waals surface area contributed by atoms with Crippen LogP contribution in [-0.4, -0.2) is 50.0 Å². The van der Waals surface area contributed by atoms with E-state index in [9.17, 15) is 13.9 Å². The molecular weight excluding hydrogens is 380 g/mol. The number of pyridine rings is 1. The van der Waals surface area contributed by atoms with Crippen molar-refractivity contribution in [2.45, 2.75) is 44.8 Å². The second kappa shape index (κ2) is 7.31. The van der Waals surface area contributed by atoms with Crippen LogP contribution in [0.2, 0.25) is 0 Å². The van der Waals surface area contributed by atoms with Gasteiger partial charge in [-0.05, 0) is 12.5 Å². The Hall–Kier alpha value is -2.65. The Bertz CT molecular complexity index is 1050. The third kappa shape index (κ3) is 3.79.